The predicted molar refractivity (Wildman–Crippen MR) is 82.3 cm³/mol. The van der Waals surface area contributed by atoms with Gasteiger partial charge in [-0.3, -0.25) is 0 Å². The molecule has 0 radical (unpaired) electrons. The number of benzene rings is 1. The molecule has 1 fully saturated rings. The van der Waals surface area contributed by atoms with Crippen LogP contribution < -0.4 is 5.32 Å². The molecule has 2 amide bonds. The molecule has 0 spiro atoms. The molecule has 1 unspecified atom stereocenters. The van der Waals surface area contributed by atoms with Crippen LogP contribution in [-0.4, -0.2) is 17.5 Å². The fourth-order valence-electron chi connectivity index (χ4n) is 2.84. The van der Waals surface area contributed by atoms with Crippen molar-refractivity contribution in [2.45, 2.75) is 32.7 Å². The number of furan rings is 1. The lowest BCUT2D eigenvalue weighted by atomic mass is 10.1. The van der Waals surface area contributed by atoms with E-state index in [9.17, 15) is 4.79 Å². The van der Waals surface area contributed by atoms with Crippen molar-refractivity contribution in [1.82, 2.24) is 4.90 Å². The van der Waals surface area contributed by atoms with E-state index in [4.69, 9.17) is 4.42 Å². The number of carbonyl (C=O) groups is 1. The first-order valence-electron chi connectivity index (χ1n) is 7.33. The van der Waals surface area contributed by atoms with Crippen molar-refractivity contribution >= 4 is 11.7 Å². The molecule has 1 aliphatic heterocycles. The van der Waals surface area contributed by atoms with Crippen molar-refractivity contribution in [3.63, 3.8) is 0 Å². The molecule has 110 valence electrons. The smallest absolute Gasteiger partial charge is 0.322 e. The number of likely N-dealkylation sites (tertiary alicyclic amines) is 1. The van der Waals surface area contributed by atoms with Crippen LogP contribution in [-0.2, 0) is 0 Å². The Morgan fingerprint density at radius 3 is 2.95 bits per heavy atom. The number of anilines is 1. The Labute approximate surface area is 124 Å². The highest BCUT2D eigenvalue weighted by Crippen LogP contribution is 2.32. The van der Waals surface area contributed by atoms with Crippen LogP contribution in [0.15, 0.2) is 41.0 Å². The second-order valence-electron chi connectivity index (χ2n) is 5.62. The van der Waals surface area contributed by atoms with E-state index < -0.39 is 0 Å². The quantitative estimate of drug-likeness (QED) is 0.895. The van der Waals surface area contributed by atoms with E-state index in [0.29, 0.717) is 0 Å². The van der Waals surface area contributed by atoms with E-state index in [1.807, 2.05) is 49.1 Å². The Bertz CT molecular complexity index is 634. The maximum absolute atomic E-state index is 12.6. The van der Waals surface area contributed by atoms with Gasteiger partial charge in [0.15, 0.2) is 0 Å². The average Bonchev–Trinajstić information content (AvgIpc) is 3.12. The van der Waals surface area contributed by atoms with Crippen LogP contribution >= 0.6 is 0 Å². The molecule has 0 aliphatic carbocycles. The van der Waals surface area contributed by atoms with Crippen LogP contribution in [0.2, 0.25) is 0 Å². The van der Waals surface area contributed by atoms with E-state index in [1.54, 1.807) is 6.26 Å². The predicted octanol–water partition coefficient (Wildman–Crippen LogP) is 4.27. The molecule has 4 heteroatoms. The van der Waals surface area contributed by atoms with Crippen LogP contribution in [0.25, 0.3) is 0 Å². The van der Waals surface area contributed by atoms with Gasteiger partial charge < -0.3 is 14.6 Å². The third-order valence-electron chi connectivity index (χ3n) is 4.02. The van der Waals surface area contributed by atoms with Gasteiger partial charge in [-0.2, -0.15) is 0 Å². The number of hydrogen-bond donors (Lipinski definition) is 1. The Morgan fingerprint density at radius 2 is 2.19 bits per heavy atom. The summed E-state index contributed by atoms with van der Waals surface area (Å²) in [5.41, 5.74) is 3.09. The van der Waals surface area contributed by atoms with Gasteiger partial charge in [0, 0.05) is 12.2 Å². The van der Waals surface area contributed by atoms with Gasteiger partial charge in [0.2, 0.25) is 0 Å². The Kier molecular flexibility index (Phi) is 3.69. The molecule has 21 heavy (non-hydrogen) atoms. The van der Waals surface area contributed by atoms with Crippen molar-refractivity contribution in [1.29, 1.82) is 0 Å². The highest BCUT2D eigenvalue weighted by atomic mass is 16.3. The Hall–Kier alpha value is -2.23. The minimum atomic E-state index is -0.0531. The number of carbonyl (C=O) groups excluding carboxylic acids is 1. The summed E-state index contributed by atoms with van der Waals surface area (Å²) in [4.78, 5) is 14.4. The molecule has 1 aromatic carbocycles. The number of hydrogen-bond acceptors (Lipinski definition) is 2. The van der Waals surface area contributed by atoms with Gasteiger partial charge in [-0.15, -0.1) is 0 Å². The number of aryl methyl sites for hydroxylation is 2. The first kappa shape index (κ1) is 13.7. The molecular weight excluding hydrogens is 264 g/mol. The zero-order chi connectivity index (χ0) is 14.8. The lowest BCUT2D eigenvalue weighted by Gasteiger charge is -2.24. The van der Waals surface area contributed by atoms with E-state index in [0.717, 1.165) is 42.0 Å². The molecule has 0 saturated carbocycles. The summed E-state index contributed by atoms with van der Waals surface area (Å²) in [6, 6.07) is 9.88. The lowest BCUT2D eigenvalue weighted by Crippen LogP contribution is -2.34. The molecule has 1 aromatic heterocycles. The van der Waals surface area contributed by atoms with Crippen molar-refractivity contribution in [3.8, 4) is 0 Å². The third-order valence-corrected chi connectivity index (χ3v) is 4.02. The molecule has 2 aromatic rings. The Morgan fingerprint density at radius 1 is 1.33 bits per heavy atom. The SMILES string of the molecule is Cc1ccc(C)c(NC(=O)N2CCCC2c2ccco2)c1. The summed E-state index contributed by atoms with van der Waals surface area (Å²) in [5.74, 6) is 0.864. The second-order valence-corrected chi connectivity index (χ2v) is 5.62. The number of urea groups is 1. The molecule has 4 nitrogen and oxygen atoms in total. The van der Waals surface area contributed by atoms with Crippen LogP contribution in [0.1, 0.15) is 35.8 Å². The van der Waals surface area contributed by atoms with Crippen LogP contribution in [0.5, 0.6) is 0 Å². The summed E-state index contributed by atoms with van der Waals surface area (Å²) >= 11 is 0. The van der Waals surface area contributed by atoms with Gasteiger partial charge in [0.25, 0.3) is 0 Å². The van der Waals surface area contributed by atoms with E-state index in [1.165, 1.54) is 0 Å². The first-order valence-corrected chi connectivity index (χ1v) is 7.33. The van der Waals surface area contributed by atoms with Crippen molar-refractivity contribution < 1.29 is 9.21 Å². The topological polar surface area (TPSA) is 45.5 Å². The highest BCUT2D eigenvalue weighted by molar-refractivity contribution is 5.90. The zero-order valence-corrected chi connectivity index (χ0v) is 12.4. The Balaban J connectivity index is 1.77. The van der Waals surface area contributed by atoms with E-state index >= 15 is 0 Å². The van der Waals surface area contributed by atoms with Gasteiger partial charge >= 0.3 is 6.03 Å². The van der Waals surface area contributed by atoms with Crippen molar-refractivity contribution in [2.24, 2.45) is 0 Å². The van der Waals surface area contributed by atoms with Gasteiger partial charge in [-0.25, -0.2) is 4.79 Å². The minimum absolute atomic E-state index is 0.0464. The maximum Gasteiger partial charge on any atom is 0.322 e. The average molecular weight is 284 g/mol. The molecule has 1 N–H and O–H groups in total. The molecule has 2 heterocycles. The van der Waals surface area contributed by atoms with E-state index in [2.05, 4.69) is 5.32 Å². The minimum Gasteiger partial charge on any atom is -0.467 e. The van der Waals surface area contributed by atoms with Crippen molar-refractivity contribution in [2.75, 3.05) is 11.9 Å². The molecule has 3 rings (SSSR count). The summed E-state index contributed by atoms with van der Waals surface area (Å²) in [7, 11) is 0. The number of nitrogens with zero attached hydrogens (tertiary/aromatic N) is 1. The molecule has 1 saturated heterocycles. The maximum atomic E-state index is 12.6. The fourth-order valence-corrected chi connectivity index (χ4v) is 2.84. The van der Waals surface area contributed by atoms with Gasteiger partial charge in [0.1, 0.15) is 5.76 Å². The standard InChI is InChI=1S/C17H20N2O2/c1-12-7-8-13(2)14(11-12)18-17(20)19-9-3-5-15(19)16-6-4-10-21-16/h4,6-8,10-11,15H,3,5,9H2,1-2H3,(H,18,20). The normalized spacial score (nSPS) is 18.0. The monoisotopic (exact) mass is 284 g/mol. The fraction of sp³-hybridized carbons (Fsp3) is 0.353. The molecular formula is C17H20N2O2. The summed E-state index contributed by atoms with van der Waals surface area (Å²) in [6.07, 6.45) is 3.62. The zero-order valence-electron chi connectivity index (χ0n) is 12.4. The molecule has 0 bridgehead atoms. The van der Waals surface area contributed by atoms with E-state index in [-0.39, 0.29) is 12.1 Å². The number of nitrogens with one attached hydrogen (secondary N) is 1. The number of rotatable bonds is 2. The van der Waals surface area contributed by atoms with Gasteiger partial charge in [-0.05, 0) is 56.0 Å². The summed E-state index contributed by atoms with van der Waals surface area (Å²) in [6.45, 7) is 4.79. The largest absolute Gasteiger partial charge is 0.467 e. The number of amides is 2. The second kappa shape index (κ2) is 5.64. The van der Waals surface area contributed by atoms with Gasteiger partial charge in [-0.1, -0.05) is 12.1 Å². The molecule has 1 aliphatic rings. The van der Waals surface area contributed by atoms with Crippen molar-refractivity contribution in [3.05, 3.63) is 53.5 Å². The van der Waals surface area contributed by atoms with Crippen LogP contribution in [0.3, 0.4) is 0 Å². The first-order chi connectivity index (χ1) is 10.1. The molecule has 1 atom stereocenters. The lowest BCUT2D eigenvalue weighted by molar-refractivity contribution is 0.200. The highest BCUT2D eigenvalue weighted by Gasteiger charge is 2.31. The van der Waals surface area contributed by atoms with Gasteiger partial charge in [0.05, 0.1) is 12.3 Å². The van der Waals surface area contributed by atoms with Crippen LogP contribution in [0.4, 0.5) is 10.5 Å². The third kappa shape index (κ3) is 2.79. The van der Waals surface area contributed by atoms with Crippen LogP contribution in [0, 0.1) is 13.8 Å². The summed E-state index contributed by atoms with van der Waals surface area (Å²) in [5, 5.41) is 3.03. The summed E-state index contributed by atoms with van der Waals surface area (Å²) < 4.78 is 5.47.